The Morgan fingerprint density at radius 3 is 2.50 bits per heavy atom. The van der Waals surface area contributed by atoms with Gasteiger partial charge in [-0.3, -0.25) is 33.8 Å². The molecular weight excluding hydrogens is 438 g/mol. The van der Waals surface area contributed by atoms with E-state index < -0.39 is 11.5 Å². The average Bonchev–Trinajstić information content (AvgIpc) is 2.99. The number of hydrogen-bond donors (Lipinski definition) is 2. The predicted octanol–water partition coefficient (Wildman–Crippen LogP) is 1.93. The molecule has 0 aliphatic rings. The number of fused-ring (bicyclic) bond motifs is 1. The van der Waals surface area contributed by atoms with Crippen LogP contribution in [0.15, 0.2) is 35.1 Å². The summed E-state index contributed by atoms with van der Waals surface area (Å²) in [7, 11) is 0. The lowest BCUT2D eigenvalue weighted by molar-refractivity contribution is -0.142. The van der Waals surface area contributed by atoms with Gasteiger partial charge in [0.1, 0.15) is 20.1 Å². The molecule has 1 amide bonds. The van der Waals surface area contributed by atoms with Crippen LogP contribution in [0.25, 0.3) is 11.2 Å². The molecule has 32 heavy (non-hydrogen) atoms. The molecule has 0 bridgehead atoms. The Hall–Kier alpha value is -3.35. The number of aromatic amines is 1. The molecule has 0 atom stereocenters. The summed E-state index contributed by atoms with van der Waals surface area (Å²) in [5.74, 6) is -0.813. The lowest BCUT2D eigenvalue weighted by Gasteiger charge is -2.07. The third kappa shape index (κ3) is 5.87. The van der Waals surface area contributed by atoms with Crippen LogP contribution in [-0.4, -0.2) is 44.2 Å². The van der Waals surface area contributed by atoms with Crippen molar-refractivity contribution < 1.29 is 23.8 Å². The highest BCUT2D eigenvalue weighted by atomic mass is 32.1. The number of amides is 1. The second-order valence-electron chi connectivity index (χ2n) is 6.75. The summed E-state index contributed by atoms with van der Waals surface area (Å²) in [4.78, 5) is 41.9. The van der Waals surface area contributed by atoms with Crippen LogP contribution in [0.5, 0.6) is 0 Å². The highest BCUT2D eigenvalue weighted by Crippen LogP contribution is 2.15. The molecule has 3 rings (SSSR count). The number of imidazole rings is 1. The van der Waals surface area contributed by atoms with E-state index in [-0.39, 0.29) is 54.5 Å². The van der Waals surface area contributed by atoms with Crippen LogP contribution in [0.4, 0.5) is 5.95 Å². The first-order valence-electron chi connectivity index (χ1n) is 9.70. The maximum atomic E-state index is 12.8. The fraction of sp³-hybridized carbons (Fsp3) is 0.350. The minimum atomic E-state index is -0.494. The highest BCUT2D eigenvalue weighted by Gasteiger charge is 2.17. The van der Waals surface area contributed by atoms with E-state index in [9.17, 15) is 14.4 Å². The molecule has 3 aromatic rings. The van der Waals surface area contributed by atoms with Gasteiger partial charge in [0, 0.05) is 13.8 Å². The molecule has 2 aromatic heterocycles. The van der Waals surface area contributed by atoms with Crippen molar-refractivity contribution in [2.75, 3.05) is 18.5 Å². The molecular formula is C20H23N5O6S. The lowest BCUT2D eigenvalue weighted by atomic mass is 10.2. The second kappa shape index (κ2) is 10.8. The Labute approximate surface area is 187 Å². The van der Waals surface area contributed by atoms with Gasteiger partial charge < -0.3 is 14.2 Å². The molecule has 0 spiro atoms. The Morgan fingerprint density at radius 2 is 1.81 bits per heavy atom. The van der Waals surface area contributed by atoms with Gasteiger partial charge in [-0.1, -0.05) is 30.3 Å². The van der Waals surface area contributed by atoms with Crippen molar-refractivity contribution in [3.05, 3.63) is 51.0 Å². The summed E-state index contributed by atoms with van der Waals surface area (Å²) in [5.41, 5.74) is 0.877. The number of hydrogen-bond acceptors (Lipinski definition) is 8. The van der Waals surface area contributed by atoms with Crippen LogP contribution in [0.1, 0.15) is 19.4 Å². The maximum Gasteiger partial charge on any atom is 0.302 e. The van der Waals surface area contributed by atoms with Gasteiger partial charge in [0.15, 0.2) is 15.9 Å². The number of carbonyl (C=O) groups is 2. The van der Waals surface area contributed by atoms with Crippen molar-refractivity contribution in [3.63, 3.8) is 0 Å². The molecule has 170 valence electrons. The van der Waals surface area contributed by atoms with Gasteiger partial charge in [0.25, 0.3) is 5.56 Å². The zero-order valence-electron chi connectivity index (χ0n) is 17.6. The number of nitrogens with zero attached hydrogens (tertiary/aromatic N) is 3. The Balaban J connectivity index is 1.88. The van der Waals surface area contributed by atoms with E-state index in [0.29, 0.717) is 6.61 Å². The third-order valence-electron chi connectivity index (χ3n) is 4.24. The number of nitrogens with one attached hydrogen (secondary N) is 2. The minimum absolute atomic E-state index is 0.00885. The van der Waals surface area contributed by atoms with Crippen molar-refractivity contribution in [3.8, 4) is 0 Å². The molecule has 0 unspecified atom stereocenters. The lowest BCUT2D eigenvalue weighted by Crippen LogP contribution is -2.18. The minimum Gasteiger partial charge on any atom is -0.463 e. The van der Waals surface area contributed by atoms with E-state index in [0.717, 1.165) is 5.56 Å². The Kier molecular flexibility index (Phi) is 7.87. The van der Waals surface area contributed by atoms with E-state index in [4.69, 9.17) is 26.4 Å². The number of rotatable bonds is 10. The van der Waals surface area contributed by atoms with Gasteiger partial charge in [-0.15, -0.1) is 0 Å². The number of carbonyl (C=O) groups excluding carboxylic acids is 2. The number of esters is 1. The first-order valence-corrected chi connectivity index (χ1v) is 10.1. The molecule has 12 heteroatoms. The third-order valence-corrected chi connectivity index (χ3v) is 4.68. The summed E-state index contributed by atoms with van der Waals surface area (Å²) >= 11 is 5.53. The summed E-state index contributed by atoms with van der Waals surface area (Å²) in [6.45, 7) is 3.10. The molecule has 0 saturated carbocycles. The number of aromatic nitrogens is 4. The van der Waals surface area contributed by atoms with Crippen LogP contribution < -0.4 is 10.9 Å². The van der Waals surface area contributed by atoms with Gasteiger partial charge >= 0.3 is 5.97 Å². The van der Waals surface area contributed by atoms with Gasteiger partial charge in [0.2, 0.25) is 11.9 Å². The Bertz CT molecular complexity index is 1220. The van der Waals surface area contributed by atoms with Gasteiger partial charge in [-0.2, -0.15) is 4.98 Å². The van der Waals surface area contributed by atoms with Crippen molar-refractivity contribution in [1.82, 2.24) is 19.1 Å². The van der Waals surface area contributed by atoms with Crippen molar-refractivity contribution in [1.29, 1.82) is 0 Å². The van der Waals surface area contributed by atoms with E-state index >= 15 is 0 Å². The summed E-state index contributed by atoms with van der Waals surface area (Å²) < 4.78 is 19.4. The van der Waals surface area contributed by atoms with Crippen molar-refractivity contribution in [2.24, 2.45) is 0 Å². The number of anilines is 1. The van der Waals surface area contributed by atoms with E-state index in [1.54, 1.807) is 0 Å². The second-order valence-corrected chi connectivity index (χ2v) is 7.11. The van der Waals surface area contributed by atoms with Crippen LogP contribution >= 0.6 is 12.2 Å². The maximum absolute atomic E-state index is 12.8. The fourth-order valence-electron chi connectivity index (χ4n) is 2.91. The topological polar surface area (TPSA) is 129 Å². The fourth-order valence-corrected chi connectivity index (χ4v) is 3.19. The monoisotopic (exact) mass is 461 g/mol. The van der Waals surface area contributed by atoms with Gasteiger partial charge in [0.05, 0.1) is 13.2 Å². The summed E-state index contributed by atoms with van der Waals surface area (Å²) in [6, 6.07) is 9.57. The number of benzene rings is 1. The van der Waals surface area contributed by atoms with E-state index in [1.165, 1.54) is 23.0 Å². The molecule has 1 aromatic carbocycles. The SMILES string of the molecule is CC(=O)Nc1nc2c(c(=O)[nH]1)n(COCc1ccccc1)c(=S)n2COCCOC(C)=O. The molecule has 2 heterocycles. The Morgan fingerprint density at radius 1 is 1.09 bits per heavy atom. The smallest absolute Gasteiger partial charge is 0.302 e. The van der Waals surface area contributed by atoms with Crippen LogP contribution in [-0.2, 0) is 43.9 Å². The summed E-state index contributed by atoms with van der Waals surface area (Å²) in [6.07, 6.45) is 0. The number of ether oxygens (including phenoxy) is 3. The highest BCUT2D eigenvalue weighted by molar-refractivity contribution is 7.71. The van der Waals surface area contributed by atoms with Gasteiger partial charge in [-0.05, 0) is 17.8 Å². The standard InChI is InChI=1S/C20H23N5O6S/c1-13(26)21-19-22-17-16(18(28)23-19)24(11-30-10-15-6-4-3-5-7-15)20(32)25(17)12-29-8-9-31-14(2)27/h3-7H,8-12H2,1-2H3,(H2,21,22,23,26,28). The normalized spacial score (nSPS) is 10.9. The van der Waals surface area contributed by atoms with Crippen LogP contribution in [0, 0.1) is 4.77 Å². The van der Waals surface area contributed by atoms with Crippen LogP contribution in [0.2, 0.25) is 0 Å². The first-order chi connectivity index (χ1) is 15.4. The first kappa shape index (κ1) is 23.3. The molecule has 2 N–H and O–H groups in total. The number of H-pyrrole nitrogens is 1. The van der Waals surface area contributed by atoms with Crippen LogP contribution in [0.3, 0.4) is 0 Å². The van der Waals surface area contributed by atoms with Crippen molar-refractivity contribution in [2.45, 2.75) is 33.9 Å². The quantitative estimate of drug-likeness (QED) is 0.266. The van der Waals surface area contributed by atoms with Crippen molar-refractivity contribution >= 4 is 41.2 Å². The average molecular weight is 462 g/mol. The van der Waals surface area contributed by atoms with E-state index in [2.05, 4.69) is 15.3 Å². The zero-order valence-corrected chi connectivity index (χ0v) is 18.4. The zero-order chi connectivity index (χ0) is 23.1. The van der Waals surface area contributed by atoms with E-state index in [1.807, 2.05) is 30.3 Å². The van der Waals surface area contributed by atoms with Gasteiger partial charge in [-0.25, -0.2) is 0 Å². The largest absolute Gasteiger partial charge is 0.463 e. The summed E-state index contributed by atoms with van der Waals surface area (Å²) in [5, 5.41) is 2.46. The molecule has 0 radical (unpaired) electrons. The molecule has 0 aliphatic carbocycles. The molecule has 0 saturated heterocycles. The predicted molar refractivity (Wildman–Crippen MR) is 117 cm³/mol. The molecule has 11 nitrogen and oxygen atoms in total. The molecule has 0 aliphatic heterocycles. The molecule has 0 fully saturated rings.